The molecule has 5 rings (SSSR count). The van der Waals surface area contributed by atoms with Crippen LogP contribution in [0.2, 0.25) is 0 Å². The summed E-state index contributed by atoms with van der Waals surface area (Å²) in [6.07, 6.45) is -7.48. The molecule has 14 heteroatoms. The summed E-state index contributed by atoms with van der Waals surface area (Å²) in [6, 6.07) is 5.64. The van der Waals surface area contributed by atoms with E-state index in [1.807, 2.05) is 0 Å². The standard InChI is InChI=1S/C25H20F6N4O3S/c26-24(27,28)16-3-2-14(17(9-16)25(29,30)31)12-34-18-4-1-13(7-15(18)10-33-34)8-21-22(37)35(23(38)39-21)19-5-6-32-11-20(19)36/h1-4,7-10,19-20,32,36H,5-6,11-12H2/b21-8-/t19-,20-/m1/s1. The van der Waals surface area contributed by atoms with Crippen LogP contribution in [0.25, 0.3) is 17.0 Å². The van der Waals surface area contributed by atoms with Crippen molar-refractivity contribution >= 4 is 39.9 Å². The molecule has 2 atom stereocenters. The Morgan fingerprint density at radius 1 is 1.08 bits per heavy atom. The zero-order chi connectivity index (χ0) is 28.1. The molecule has 39 heavy (non-hydrogen) atoms. The van der Waals surface area contributed by atoms with Crippen LogP contribution in [0.1, 0.15) is 28.7 Å². The summed E-state index contributed by atoms with van der Waals surface area (Å²) in [6.45, 7) is 0.399. The molecule has 2 aliphatic rings. The first-order chi connectivity index (χ1) is 18.3. The molecule has 2 saturated heterocycles. The maximum atomic E-state index is 13.6. The Hall–Kier alpha value is -3.36. The van der Waals surface area contributed by atoms with Gasteiger partial charge in [0.2, 0.25) is 0 Å². The molecule has 1 aromatic heterocycles. The molecular weight excluding hydrogens is 550 g/mol. The molecule has 0 bridgehead atoms. The monoisotopic (exact) mass is 570 g/mol. The first-order valence-electron chi connectivity index (χ1n) is 11.7. The molecule has 3 aromatic rings. The molecule has 0 unspecified atom stereocenters. The number of hydrogen-bond acceptors (Lipinski definition) is 6. The molecule has 2 amide bonds. The summed E-state index contributed by atoms with van der Waals surface area (Å²) < 4.78 is 80.9. The number of carbonyl (C=O) groups excluding carboxylic acids is 2. The second-order valence-corrected chi connectivity index (χ2v) is 10.2. The number of nitrogens with zero attached hydrogens (tertiary/aromatic N) is 3. The van der Waals surface area contributed by atoms with Gasteiger partial charge >= 0.3 is 12.4 Å². The van der Waals surface area contributed by atoms with Gasteiger partial charge in [-0.05, 0) is 66.2 Å². The Morgan fingerprint density at radius 3 is 2.54 bits per heavy atom. The molecule has 0 saturated carbocycles. The van der Waals surface area contributed by atoms with Gasteiger partial charge in [0.1, 0.15) is 0 Å². The molecule has 2 N–H and O–H groups in total. The molecule has 3 heterocycles. The average Bonchev–Trinajstić information content (AvgIpc) is 3.37. The van der Waals surface area contributed by atoms with Crippen molar-refractivity contribution in [2.24, 2.45) is 0 Å². The number of aromatic nitrogens is 2. The third-order valence-corrected chi connectivity index (χ3v) is 7.48. The highest BCUT2D eigenvalue weighted by Gasteiger charge is 2.43. The van der Waals surface area contributed by atoms with Crippen molar-refractivity contribution in [3.05, 3.63) is 69.8 Å². The van der Waals surface area contributed by atoms with Crippen LogP contribution < -0.4 is 5.32 Å². The summed E-state index contributed by atoms with van der Waals surface area (Å²) in [7, 11) is 0. The van der Waals surface area contributed by atoms with Gasteiger partial charge in [0.15, 0.2) is 0 Å². The number of amides is 2. The van der Waals surface area contributed by atoms with E-state index in [-0.39, 0.29) is 23.1 Å². The lowest BCUT2D eigenvalue weighted by Crippen LogP contribution is -2.54. The number of fused-ring (bicyclic) bond motifs is 1. The molecular formula is C25H20F6N4O3S. The summed E-state index contributed by atoms with van der Waals surface area (Å²) >= 11 is 0.751. The van der Waals surface area contributed by atoms with Gasteiger partial charge in [0, 0.05) is 11.9 Å². The second-order valence-electron chi connectivity index (χ2n) is 9.17. The van der Waals surface area contributed by atoms with Crippen LogP contribution in [0.15, 0.2) is 47.5 Å². The van der Waals surface area contributed by atoms with Gasteiger partial charge in [0.05, 0.1) is 46.4 Å². The van der Waals surface area contributed by atoms with Crippen LogP contribution >= 0.6 is 11.8 Å². The molecule has 0 spiro atoms. The van der Waals surface area contributed by atoms with Crippen molar-refractivity contribution in [2.75, 3.05) is 13.1 Å². The van der Waals surface area contributed by atoms with Gasteiger partial charge in [-0.15, -0.1) is 0 Å². The van der Waals surface area contributed by atoms with E-state index in [0.717, 1.165) is 22.7 Å². The smallest absolute Gasteiger partial charge is 0.390 e. The van der Waals surface area contributed by atoms with E-state index in [9.17, 15) is 41.0 Å². The van der Waals surface area contributed by atoms with Crippen LogP contribution in [0.5, 0.6) is 0 Å². The van der Waals surface area contributed by atoms with Crippen LogP contribution in [0.4, 0.5) is 31.1 Å². The maximum Gasteiger partial charge on any atom is 0.416 e. The fourth-order valence-electron chi connectivity index (χ4n) is 4.68. The number of aliphatic hydroxyl groups is 1. The van der Waals surface area contributed by atoms with Crippen molar-refractivity contribution in [2.45, 2.75) is 37.5 Å². The fourth-order valence-corrected chi connectivity index (χ4v) is 5.57. The Labute approximate surface area is 221 Å². The molecule has 2 aliphatic heterocycles. The number of imide groups is 1. The number of benzene rings is 2. The Balaban J connectivity index is 1.40. The number of alkyl halides is 6. The number of carbonyl (C=O) groups is 2. The number of thioether (sulfide) groups is 1. The summed E-state index contributed by atoms with van der Waals surface area (Å²) in [5, 5.41) is 17.3. The maximum absolute atomic E-state index is 13.6. The van der Waals surface area contributed by atoms with Crippen molar-refractivity contribution in [3.63, 3.8) is 0 Å². The van der Waals surface area contributed by atoms with Gasteiger partial charge in [-0.3, -0.25) is 19.2 Å². The molecule has 7 nitrogen and oxygen atoms in total. The highest BCUT2D eigenvalue weighted by molar-refractivity contribution is 8.18. The Bertz CT molecular complexity index is 1480. The number of rotatable bonds is 4. The van der Waals surface area contributed by atoms with Crippen molar-refractivity contribution < 1.29 is 41.0 Å². The Kier molecular flexibility index (Phi) is 6.97. The third kappa shape index (κ3) is 5.40. The number of β-amino-alcohol motifs (C(OH)–C–C–N with tert-alkyl or cyclic N) is 1. The van der Waals surface area contributed by atoms with Crippen molar-refractivity contribution in [1.82, 2.24) is 20.0 Å². The van der Waals surface area contributed by atoms with E-state index in [2.05, 4.69) is 10.4 Å². The predicted octanol–water partition coefficient (Wildman–Crippen LogP) is 4.88. The first-order valence-corrected chi connectivity index (χ1v) is 12.5. The normalized spacial score (nSPS) is 21.9. The number of hydrogen-bond donors (Lipinski definition) is 2. The van der Waals surface area contributed by atoms with Crippen LogP contribution in [-0.4, -0.2) is 56.2 Å². The molecule has 0 aliphatic carbocycles. The van der Waals surface area contributed by atoms with E-state index in [4.69, 9.17) is 0 Å². The van der Waals surface area contributed by atoms with E-state index < -0.39 is 53.3 Å². The Morgan fingerprint density at radius 2 is 1.85 bits per heavy atom. The lowest BCUT2D eigenvalue weighted by atomic mass is 10.0. The lowest BCUT2D eigenvalue weighted by Gasteiger charge is -2.33. The molecule has 206 valence electrons. The number of piperidine rings is 1. The van der Waals surface area contributed by atoms with E-state index in [0.29, 0.717) is 35.5 Å². The fraction of sp³-hybridized carbons (Fsp3) is 0.320. The highest BCUT2D eigenvalue weighted by Crippen LogP contribution is 2.38. The van der Waals surface area contributed by atoms with Gasteiger partial charge < -0.3 is 10.4 Å². The largest absolute Gasteiger partial charge is 0.416 e. The molecule has 2 aromatic carbocycles. The van der Waals surface area contributed by atoms with Gasteiger partial charge in [-0.1, -0.05) is 12.1 Å². The number of halogens is 6. The zero-order valence-corrected chi connectivity index (χ0v) is 20.7. The average molecular weight is 571 g/mol. The predicted molar refractivity (Wildman–Crippen MR) is 130 cm³/mol. The van der Waals surface area contributed by atoms with E-state index >= 15 is 0 Å². The second kappa shape index (κ2) is 9.99. The number of aliphatic hydroxyl groups excluding tert-OH is 1. The summed E-state index contributed by atoms with van der Waals surface area (Å²) in [4.78, 5) is 26.7. The highest BCUT2D eigenvalue weighted by atomic mass is 32.2. The third-order valence-electron chi connectivity index (χ3n) is 6.60. The van der Waals surface area contributed by atoms with E-state index in [1.54, 1.807) is 18.2 Å². The van der Waals surface area contributed by atoms with Crippen LogP contribution in [0, 0.1) is 0 Å². The van der Waals surface area contributed by atoms with Gasteiger partial charge in [0.25, 0.3) is 11.1 Å². The minimum Gasteiger partial charge on any atom is -0.390 e. The number of nitrogens with one attached hydrogen (secondary N) is 1. The molecule has 0 radical (unpaired) electrons. The van der Waals surface area contributed by atoms with Gasteiger partial charge in [-0.2, -0.15) is 31.4 Å². The zero-order valence-electron chi connectivity index (χ0n) is 19.9. The molecule has 2 fully saturated rings. The minimum atomic E-state index is -5.00. The SMILES string of the molecule is O=C1S/C(=C\c2ccc3c(cnn3Cc3ccc(C(F)(F)F)cc3C(F)(F)F)c2)C(=O)N1[C@@H]1CCNC[C@H]1O. The summed E-state index contributed by atoms with van der Waals surface area (Å²) in [5.74, 6) is -0.520. The van der Waals surface area contributed by atoms with Crippen molar-refractivity contribution in [3.8, 4) is 0 Å². The van der Waals surface area contributed by atoms with Crippen molar-refractivity contribution in [1.29, 1.82) is 0 Å². The summed E-state index contributed by atoms with van der Waals surface area (Å²) in [5.41, 5.74) is -2.21. The minimum absolute atomic E-state index is 0.0923. The quantitative estimate of drug-likeness (QED) is 0.344. The van der Waals surface area contributed by atoms with Crippen LogP contribution in [0.3, 0.4) is 0 Å². The van der Waals surface area contributed by atoms with E-state index in [1.165, 1.54) is 17.0 Å². The van der Waals surface area contributed by atoms with Gasteiger partial charge in [-0.25, -0.2) is 0 Å². The van der Waals surface area contributed by atoms with Crippen LogP contribution in [-0.2, 0) is 23.7 Å². The first kappa shape index (κ1) is 27.2. The lowest BCUT2D eigenvalue weighted by molar-refractivity contribution is -0.143. The topological polar surface area (TPSA) is 87.5 Å².